The van der Waals surface area contributed by atoms with Crippen LogP contribution in [0.5, 0.6) is 5.75 Å². The number of anilines is 1. The van der Waals surface area contributed by atoms with Crippen molar-refractivity contribution < 1.29 is 9.53 Å². The molecule has 0 saturated heterocycles. The Morgan fingerprint density at radius 3 is 2.31 bits per heavy atom. The van der Waals surface area contributed by atoms with Gasteiger partial charge in [0, 0.05) is 5.69 Å². The second-order valence-corrected chi connectivity index (χ2v) is 7.25. The van der Waals surface area contributed by atoms with Gasteiger partial charge in [0.1, 0.15) is 5.75 Å². The molecule has 0 radical (unpaired) electrons. The molecule has 2 N–H and O–H groups in total. The van der Waals surface area contributed by atoms with Crippen LogP contribution >= 0.6 is 12.2 Å². The number of rotatable bonds is 5. The molecule has 0 spiro atoms. The first kappa shape index (κ1) is 19.9. The molecule has 4 nitrogen and oxygen atoms in total. The molecule has 0 aliphatic rings. The minimum Gasteiger partial charge on any atom is -0.484 e. The molecular weight excluding hydrogens is 344 g/mol. The Bertz CT molecular complexity index is 795. The van der Waals surface area contributed by atoms with Crippen LogP contribution in [0, 0.1) is 20.8 Å². The van der Waals surface area contributed by atoms with Gasteiger partial charge in [-0.2, -0.15) is 0 Å². The number of benzene rings is 2. The Balaban J connectivity index is 1.86. The zero-order chi connectivity index (χ0) is 19.3. The summed E-state index contributed by atoms with van der Waals surface area (Å²) >= 11 is 5.20. The fourth-order valence-corrected chi connectivity index (χ4v) is 3.14. The quantitative estimate of drug-likeness (QED) is 0.754. The molecule has 0 heterocycles. The van der Waals surface area contributed by atoms with E-state index in [9.17, 15) is 4.79 Å². The highest BCUT2D eigenvalue weighted by atomic mass is 32.1. The number of hydrogen-bond donors (Lipinski definition) is 2. The van der Waals surface area contributed by atoms with Gasteiger partial charge in [-0.05, 0) is 85.4 Å². The van der Waals surface area contributed by atoms with Crippen molar-refractivity contribution in [1.29, 1.82) is 0 Å². The number of aryl methyl sites for hydroxylation is 3. The van der Waals surface area contributed by atoms with Crippen molar-refractivity contribution in [2.45, 2.75) is 40.5 Å². The summed E-state index contributed by atoms with van der Waals surface area (Å²) in [7, 11) is 0. The molecule has 138 valence electrons. The number of ether oxygens (including phenoxy) is 1. The van der Waals surface area contributed by atoms with E-state index in [1.54, 1.807) is 0 Å². The fraction of sp³-hybridized carbons (Fsp3) is 0.333. The van der Waals surface area contributed by atoms with Gasteiger partial charge in [0.2, 0.25) is 0 Å². The first-order chi connectivity index (χ1) is 12.2. The number of carbonyl (C=O) groups excluding carboxylic acids is 1. The number of amides is 1. The summed E-state index contributed by atoms with van der Waals surface area (Å²) in [5.41, 5.74) is 5.55. The van der Waals surface area contributed by atoms with Gasteiger partial charge in [-0.25, -0.2) is 0 Å². The summed E-state index contributed by atoms with van der Waals surface area (Å²) in [6.45, 7) is 10.3. The number of hydrogen-bond acceptors (Lipinski definition) is 3. The third kappa shape index (κ3) is 5.85. The molecule has 5 heteroatoms. The summed E-state index contributed by atoms with van der Waals surface area (Å²) in [5, 5.41) is 5.92. The SMILES string of the molecule is Cc1cc(C)cc(NC(=S)NC(=O)COc2ccc(C(C)C)c(C)c2)c1. The van der Waals surface area contributed by atoms with Crippen LogP contribution in [0.3, 0.4) is 0 Å². The normalized spacial score (nSPS) is 10.5. The molecule has 2 aromatic rings. The smallest absolute Gasteiger partial charge is 0.264 e. The summed E-state index contributed by atoms with van der Waals surface area (Å²) in [6, 6.07) is 11.9. The Kier molecular flexibility index (Phi) is 6.75. The summed E-state index contributed by atoms with van der Waals surface area (Å²) in [5.74, 6) is 0.841. The second kappa shape index (κ2) is 8.81. The monoisotopic (exact) mass is 370 g/mol. The molecule has 0 saturated carbocycles. The molecular formula is C21H26N2O2S. The summed E-state index contributed by atoms with van der Waals surface area (Å²) in [6.07, 6.45) is 0. The van der Waals surface area contributed by atoms with Crippen LogP contribution in [0.2, 0.25) is 0 Å². The average molecular weight is 371 g/mol. The molecule has 2 rings (SSSR count). The maximum atomic E-state index is 12.0. The molecule has 0 aliphatic heterocycles. The predicted molar refractivity (Wildman–Crippen MR) is 111 cm³/mol. The lowest BCUT2D eigenvalue weighted by atomic mass is 9.98. The fourth-order valence-electron chi connectivity index (χ4n) is 2.91. The molecule has 26 heavy (non-hydrogen) atoms. The minimum absolute atomic E-state index is 0.0882. The Hall–Kier alpha value is -2.40. The van der Waals surface area contributed by atoms with Crippen molar-refractivity contribution >= 4 is 28.9 Å². The zero-order valence-corrected chi connectivity index (χ0v) is 16.8. The second-order valence-electron chi connectivity index (χ2n) is 6.84. The highest BCUT2D eigenvalue weighted by molar-refractivity contribution is 7.80. The van der Waals surface area contributed by atoms with Crippen LogP contribution in [-0.2, 0) is 4.79 Å². The van der Waals surface area contributed by atoms with Crippen LogP contribution in [-0.4, -0.2) is 17.6 Å². The van der Waals surface area contributed by atoms with Gasteiger partial charge in [-0.15, -0.1) is 0 Å². The van der Waals surface area contributed by atoms with Crippen LogP contribution in [0.1, 0.15) is 42.0 Å². The van der Waals surface area contributed by atoms with Crippen molar-refractivity contribution in [3.63, 3.8) is 0 Å². The number of thiocarbonyl (C=S) groups is 1. The van der Waals surface area contributed by atoms with Gasteiger partial charge in [0.05, 0.1) is 0 Å². The molecule has 0 aromatic heterocycles. The van der Waals surface area contributed by atoms with Gasteiger partial charge >= 0.3 is 0 Å². The highest BCUT2D eigenvalue weighted by Gasteiger charge is 2.09. The summed E-state index contributed by atoms with van der Waals surface area (Å²) in [4.78, 5) is 12.0. The van der Waals surface area contributed by atoms with E-state index in [0.29, 0.717) is 11.7 Å². The molecule has 1 amide bonds. The Morgan fingerprint density at radius 2 is 1.73 bits per heavy atom. The third-order valence-corrected chi connectivity index (χ3v) is 4.17. The van der Waals surface area contributed by atoms with Gasteiger partial charge in [-0.1, -0.05) is 26.0 Å². The van der Waals surface area contributed by atoms with E-state index < -0.39 is 0 Å². The molecule has 2 aromatic carbocycles. The zero-order valence-electron chi connectivity index (χ0n) is 16.0. The van der Waals surface area contributed by atoms with Crippen LogP contribution in [0.4, 0.5) is 5.69 Å². The Morgan fingerprint density at radius 1 is 1.08 bits per heavy atom. The molecule has 0 aliphatic carbocycles. The van der Waals surface area contributed by atoms with Gasteiger partial charge in [0.15, 0.2) is 11.7 Å². The standard InChI is InChI=1S/C21H26N2O2S/c1-13(2)19-7-6-18(11-16(19)5)25-12-20(24)23-21(26)22-17-9-14(3)8-15(4)10-17/h6-11,13H,12H2,1-5H3,(H2,22,23,24,26). The lowest BCUT2D eigenvalue weighted by molar-refractivity contribution is -0.121. The van der Waals surface area contributed by atoms with E-state index in [2.05, 4.69) is 30.5 Å². The molecule has 0 bridgehead atoms. The molecule has 0 fully saturated rings. The van der Waals surface area contributed by atoms with E-state index in [-0.39, 0.29) is 17.6 Å². The maximum absolute atomic E-state index is 12.0. The van der Waals surface area contributed by atoms with E-state index in [4.69, 9.17) is 17.0 Å². The van der Waals surface area contributed by atoms with Crippen LogP contribution in [0.25, 0.3) is 0 Å². The first-order valence-electron chi connectivity index (χ1n) is 8.67. The topological polar surface area (TPSA) is 50.4 Å². The van der Waals surface area contributed by atoms with Crippen molar-refractivity contribution in [2.24, 2.45) is 0 Å². The van der Waals surface area contributed by atoms with Crippen molar-refractivity contribution in [3.05, 3.63) is 58.7 Å². The average Bonchev–Trinajstić information content (AvgIpc) is 2.51. The minimum atomic E-state index is -0.294. The van der Waals surface area contributed by atoms with Gasteiger partial charge < -0.3 is 10.1 Å². The van der Waals surface area contributed by atoms with Crippen LogP contribution in [0.15, 0.2) is 36.4 Å². The lowest BCUT2D eigenvalue weighted by Gasteiger charge is -2.13. The van der Waals surface area contributed by atoms with Crippen molar-refractivity contribution in [2.75, 3.05) is 11.9 Å². The van der Waals surface area contributed by atoms with Crippen molar-refractivity contribution in [1.82, 2.24) is 5.32 Å². The van der Waals surface area contributed by atoms with Crippen molar-refractivity contribution in [3.8, 4) is 5.75 Å². The van der Waals surface area contributed by atoms with E-state index in [0.717, 1.165) is 22.4 Å². The molecule has 0 unspecified atom stereocenters. The van der Waals surface area contributed by atoms with Gasteiger partial charge in [0.25, 0.3) is 5.91 Å². The highest BCUT2D eigenvalue weighted by Crippen LogP contribution is 2.23. The third-order valence-electron chi connectivity index (χ3n) is 3.97. The predicted octanol–water partition coefficient (Wildman–Crippen LogP) is 4.63. The maximum Gasteiger partial charge on any atom is 0.264 e. The summed E-state index contributed by atoms with van der Waals surface area (Å²) < 4.78 is 5.57. The van der Waals surface area contributed by atoms with Gasteiger partial charge in [-0.3, -0.25) is 10.1 Å². The molecule has 0 atom stereocenters. The van der Waals surface area contributed by atoms with E-state index in [1.807, 2.05) is 51.1 Å². The van der Waals surface area contributed by atoms with Crippen LogP contribution < -0.4 is 15.4 Å². The number of carbonyl (C=O) groups is 1. The lowest BCUT2D eigenvalue weighted by Crippen LogP contribution is -2.37. The van der Waals surface area contributed by atoms with E-state index >= 15 is 0 Å². The Labute approximate surface area is 161 Å². The first-order valence-corrected chi connectivity index (χ1v) is 9.08. The largest absolute Gasteiger partial charge is 0.484 e. The van der Waals surface area contributed by atoms with E-state index in [1.165, 1.54) is 5.56 Å². The number of nitrogens with one attached hydrogen (secondary N) is 2.